The zero-order valence-electron chi connectivity index (χ0n) is 11.1. The van der Waals surface area contributed by atoms with Crippen LogP contribution in [0.3, 0.4) is 0 Å². The summed E-state index contributed by atoms with van der Waals surface area (Å²) in [6.07, 6.45) is 0. The molecule has 3 rings (SSSR count). The van der Waals surface area contributed by atoms with Crippen LogP contribution in [-0.2, 0) is 13.7 Å². The molecule has 0 saturated carbocycles. The van der Waals surface area contributed by atoms with Crippen molar-refractivity contribution in [1.29, 1.82) is 0 Å². The second-order valence-corrected chi connectivity index (χ2v) is 5.70. The molecule has 0 bridgehead atoms. The Morgan fingerprint density at radius 1 is 1.35 bits per heavy atom. The summed E-state index contributed by atoms with van der Waals surface area (Å²) in [6.45, 7) is 1.88. The van der Waals surface area contributed by atoms with E-state index in [4.69, 9.17) is 9.52 Å². The molecule has 1 N–H and O–H groups in total. The predicted octanol–water partition coefficient (Wildman–Crippen LogP) is 2.30. The Kier molecular flexibility index (Phi) is 3.45. The second kappa shape index (κ2) is 5.26. The topological polar surface area (TPSA) is 77.0 Å². The zero-order chi connectivity index (χ0) is 14.1. The third-order valence-electron chi connectivity index (χ3n) is 3.01. The first-order chi connectivity index (χ1) is 9.69. The fraction of sp³-hybridized carbons (Fsp3) is 0.308. The third kappa shape index (κ3) is 2.30. The van der Waals surface area contributed by atoms with E-state index in [9.17, 15) is 0 Å². The van der Waals surface area contributed by atoms with Crippen LogP contribution in [0.1, 0.15) is 23.9 Å². The normalized spacial score (nSPS) is 12.9. The van der Waals surface area contributed by atoms with Crippen LogP contribution < -0.4 is 0 Å². The lowest BCUT2D eigenvalue weighted by atomic mass is 10.3. The van der Waals surface area contributed by atoms with Crippen LogP contribution >= 0.6 is 11.8 Å². The van der Waals surface area contributed by atoms with Gasteiger partial charge in [-0.15, -0.1) is 10.2 Å². The lowest BCUT2D eigenvalue weighted by Crippen LogP contribution is -1.99. The highest BCUT2D eigenvalue weighted by molar-refractivity contribution is 7.99. The Hall–Kier alpha value is -1.86. The maximum absolute atomic E-state index is 9.11. The van der Waals surface area contributed by atoms with Crippen molar-refractivity contribution >= 4 is 22.9 Å². The van der Waals surface area contributed by atoms with Crippen LogP contribution in [-0.4, -0.2) is 24.9 Å². The highest BCUT2D eigenvalue weighted by atomic mass is 32.2. The van der Waals surface area contributed by atoms with E-state index in [1.807, 2.05) is 38.2 Å². The molecule has 0 radical (unpaired) electrons. The van der Waals surface area contributed by atoms with Crippen LogP contribution in [0.5, 0.6) is 0 Å². The number of hydrogen-bond acceptors (Lipinski definition) is 6. The van der Waals surface area contributed by atoms with Gasteiger partial charge in [-0.1, -0.05) is 23.9 Å². The Bertz CT molecular complexity index is 704. The molecule has 0 aliphatic rings. The molecule has 0 aliphatic carbocycles. The van der Waals surface area contributed by atoms with Gasteiger partial charge in [0.25, 0.3) is 0 Å². The number of rotatable bonds is 4. The molecular formula is C13H14N4O2S. The number of benzene rings is 1. The minimum absolute atomic E-state index is 0.0110. The number of aromatic nitrogens is 4. The summed E-state index contributed by atoms with van der Waals surface area (Å²) >= 11 is 1.50. The minimum Gasteiger partial charge on any atom is -0.439 e. The average Bonchev–Trinajstić information content (AvgIpc) is 3.03. The lowest BCUT2D eigenvalue weighted by molar-refractivity contribution is 0.266. The molecule has 0 saturated heterocycles. The van der Waals surface area contributed by atoms with Gasteiger partial charge in [-0.2, -0.15) is 0 Å². The van der Waals surface area contributed by atoms with Crippen molar-refractivity contribution in [3.63, 3.8) is 0 Å². The number of aliphatic hydroxyl groups is 1. The SMILES string of the molecule is CC(Sc1nnc(CO)n1C)c1nc2ccccc2o1. The van der Waals surface area contributed by atoms with Crippen molar-refractivity contribution in [1.82, 2.24) is 19.7 Å². The van der Waals surface area contributed by atoms with Crippen LogP contribution in [0.2, 0.25) is 0 Å². The van der Waals surface area contributed by atoms with E-state index >= 15 is 0 Å². The van der Waals surface area contributed by atoms with Gasteiger partial charge in [0, 0.05) is 7.05 Å². The minimum atomic E-state index is -0.124. The number of aliphatic hydroxyl groups excluding tert-OH is 1. The molecule has 2 heterocycles. The predicted molar refractivity (Wildman–Crippen MR) is 75.2 cm³/mol. The van der Waals surface area contributed by atoms with Gasteiger partial charge >= 0.3 is 0 Å². The van der Waals surface area contributed by atoms with Crippen molar-refractivity contribution in [2.24, 2.45) is 7.05 Å². The molecule has 0 spiro atoms. The van der Waals surface area contributed by atoms with E-state index in [1.165, 1.54) is 11.8 Å². The molecule has 2 aromatic heterocycles. The van der Waals surface area contributed by atoms with E-state index in [2.05, 4.69) is 15.2 Å². The van der Waals surface area contributed by atoms with E-state index in [0.29, 0.717) is 11.7 Å². The molecule has 0 aliphatic heterocycles. The highest BCUT2D eigenvalue weighted by Crippen LogP contribution is 2.34. The molecule has 1 unspecified atom stereocenters. The van der Waals surface area contributed by atoms with Crippen LogP contribution in [0, 0.1) is 0 Å². The maximum atomic E-state index is 9.11. The molecule has 0 fully saturated rings. The van der Waals surface area contributed by atoms with E-state index in [0.717, 1.165) is 16.3 Å². The number of para-hydroxylation sites is 2. The number of oxazole rings is 1. The van der Waals surface area contributed by atoms with Gasteiger partial charge in [0.15, 0.2) is 16.6 Å². The Morgan fingerprint density at radius 2 is 2.15 bits per heavy atom. The molecule has 7 heteroatoms. The summed E-state index contributed by atoms with van der Waals surface area (Å²) in [5, 5.41) is 17.8. The molecular weight excluding hydrogens is 276 g/mol. The van der Waals surface area contributed by atoms with Crippen molar-refractivity contribution in [3.05, 3.63) is 36.0 Å². The quantitative estimate of drug-likeness (QED) is 0.743. The molecule has 6 nitrogen and oxygen atoms in total. The van der Waals surface area contributed by atoms with E-state index in [-0.39, 0.29) is 11.9 Å². The fourth-order valence-electron chi connectivity index (χ4n) is 1.86. The fourth-order valence-corrected chi connectivity index (χ4v) is 2.73. The van der Waals surface area contributed by atoms with Crippen LogP contribution in [0.15, 0.2) is 33.8 Å². The van der Waals surface area contributed by atoms with E-state index < -0.39 is 0 Å². The molecule has 3 aromatic rings. The van der Waals surface area contributed by atoms with Crippen LogP contribution in [0.4, 0.5) is 0 Å². The van der Waals surface area contributed by atoms with E-state index in [1.54, 1.807) is 4.57 Å². The first-order valence-corrected chi connectivity index (χ1v) is 7.08. The van der Waals surface area contributed by atoms with Crippen molar-refractivity contribution < 1.29 is 9.52 Å². The number of thioether (sulfide) groups is 1. The Labute approximate surface area is 119 Å². The Morgan fingerprint density at radius 3 is 2.85 bits per heavy atom. The highest BCUT2D eigenvalue weighted by Gasteiger charge is 2.18. The molecule has 1 atom stereocenters. The summed E-state index contributed by atoms with van der Waals surface area (Å²) < 4.78 is 7.50. The third-order valence-corrected chi connectivity index (χ3v) is 4.13. The molecule has 104 valence electrons. The van der Waals surface area contributed by atoms with Crippen molar-refractivity contribution in [3.8, 4) is 0 Å². The first-order valence-electron chi connectivity index (χ1n) is 6.20. The van der Waals surface area contributed by atoms with Crippen LogP contribution in [0.25, 0.3) is 11.1 Å². The number of fused-ring (bicyclic) bond motifs is 1. The summed E-state index contributed by atoms with van der Waals surface area (Å²) in [4.78, 5) is 4.47. The van der Waals surface area contributed by atoms with Gasteiger partial charge in [0.2, 0.25) is 5.89 Å². The van der Waals surface area contributed by atoms with Gasteiger partial charge in [-0.25, -0.2) is 4.98 Å². The zero-order valence-corrected chi connectivity index (χ0v) is 12.0. The Balaban J connectivity index is 1.84. The second-order valence-electron chi connectivity index (χ2n) is 4.40. The lowest BCUT2D eigenvalue weighted by Gasteiger charge is -2.06. The summed E-state index contributed by atoms with van der Waals surface area (Å²) in [6, 6.07) is 7.68. The maximum Gasteiger partial charge on any atom is 0.208 e. The van der Waals surface area contributed by atoms with Gasteiger partial charge in [-0.3, -0.25) is 0 Å². The van der Waals surface area contributed by atoms with Gasteiger partial charge in [0.05, 0.1) is 5.25 Å². The smallest absolute Gasteiger partial charge is 0.208 e. The monoisotopic (exact) mass is 290 g/mol. The molecule has 1 aromatic carbocycles. The molecule has 0 amide bonds. The standard InChI is InChI=1S/C13H14N4O2S/c1-8(20-13-16-15-11(7-18)17(13)2)12-14-9-5-3-4-6-10(9)19-12/h3-6,8,18H,7H2,1-2H3. The summed E-state index contributed by atoms with van der Waals surface area (Å²) in [7, 11) is 1.83. The largest absolute Gasteiger partial charge is 0.439 e. The number of hydrogen-bond donors (Lipinski definition) is 1. The van der Waals surface area contributed by atoms with Gasteiger partial charge in [-0.05, 0) is 19.1 Å². The number of nitrogens with zero attached hydrogens (tertiary/aromatic N) is 4. The van der Waals surface area contributed by atoms with Crippen molar-refractivity contribution in [2.45, 2.75) is 23.9 Å². The van der Waals surface area contributed by atoms with Gasteiger partial charge < -0.3 is 14.1 Å². The summed E-state index contributed by atoms with van der Waals surface area (Å²) in [5.74, 6) is 1.20. The molecule has 20 heavy (non-hydrogen) atoms. The van der Waals surface area contributed by atoms with Crippen molar-refractivity contribution in [2.75, 3.05) is 0 Å². The average molecular weight is 290 g/mol. The van der Waals surface area contributed by atoms with Gasteiger partial charge in [0.1, 0.15) is 12.1 Å². The first kappa shape index (κ1) is 13.1. The summed E-state index contributed by atoms with van der Waals surface area (Å²) in [5.41, 5.74) is 1.63.